The van der Waals surface area contributed by atoms with Crippen molar-refractivity contribution in [2.45, 2.75) is 12.5 Å². The first kappa shape index (κ1) is 16.2. The first-order valence-corrected chi connectivity index (χ1v) is 8.22. The highest BCUT2D eigenvalue weighted by Crippen LogP contribution is 2.22. The number of furan rings is 1. The molecule has 0 radical (unpaired) electrons. The molecule has 0 aliphatic heterocycles. The lowest BCUT2D eigenvalue weighted by atomic mass is 9.99. The number of nitrogens with one attached hydrogen (secondary N) is 2. The molecule has 0 fully saturated rings. The van der Waals surface area contributed by atoms with Crippen LogP contribution in [0.2, 0.25) is 0 Å². The zero-order valence-electron chi connectivity index (χ0n) is 12.9. The van der Waals surface area contributed by atoms with Crippen molar-refractivity contribution in [1.29, 1.82) is 0 Å². The smallest absolute Gasteiger partial charge is 0.261 e. The molecule has 0 bridgehead atoms. The average molecular weight is 344 g/mol. The van der Waals surface area contributed by atoms with E-state index >= 15 is 0 Å². The van der Waals surface area contributed by atoms with Gasteiger partial charge >= 0.3 is 0 Å². The molecule has 3 heterocycles. The van der Waals surface area contributed by atoms with E-state index in [9.17, 15) is 14.7 Å². The largest absolute Gasteiger partial charge is 0.463 e. The third kappa shape index (κ3) is 3.32. The highest BCUT2D eigenvalue weighted by atomic mass is 32.1. The molecule has 3 rings (SSSR count). The van der Waals surface area contributed by atoms with E-state index in [1.807, 2.05) is 10.8 Å². The Kier molecular flexibility index (Phi) is 4.37. The lowest BCUT2D eigenvalue weighted by Crippen LogP contribution is -2.40. The van der Waals surface area contributed by atoms with Crippen LogP contribution in [0.25, 0.3) is 11.5 Å². The number of thiophene rings is 1. The highest BCUT2D eigenvalue weighted by molar-refractivity contribution is 7.08. The summed E-state index contributed by atoms with van der Waals surface area (Å²) in [6, 6.07) is 8.25. The second-order valence-corrected chi connectivity index (χ2v) is 6.34. The van der Waals surface area contributed by atoms with E-state index in [1.165, 1.54) is 23.7 Å². The summed E-state index contributed by atoms with van der Waals surface area (Å²) in [5.74, 6) is -0.0304. The van der Waals surface area contributed by atoms with Gasteiger partial charge in [-0.25, -0.2) is 0 Å². The van der Waals surface area contributed by atoms with Gasteiger partial charge in [0, 0.05) is 0 Å². The second-order valence-electron chi connectivity index (χ2n) is 5.56. The summed E-state index contributed by atoms with van der Waals surface area (Å²) in [5, 5.41) is 16.7. The molecule has 24 heavy (non-hydrogen) atoms. The number of aliphatic hydroxyl groups is 1. The van der Waals surface area contributed by atoms with Crippen molar-refractivity contribution in [1.82, 2.24) is 10.3 Å². The summed E-state index contributed by atoms with van der Waals surface area (Å²) < 4.78 is 5.21. The summed E-state index contributed by atoms with van der Waals surface area (Å²) in [7, 11) is 0. The third-order valence-electron chi connectivity index (χ3n) is 3.68. The zero-order chi connectivity index (χ0) is 17.2. The van der Waals surface area contributed by atoms with Crippen molar-refractivity contribution < 1.29 is 14.3 Å². The lowest BCUT2D eigenvalue weighted by Gasteiger charge is -2.22. The summed E-state index contributed by atoms with van der Waals surface area (Å²) in [6.45, 7) is 1.61. The van der Waals surface area contributed by atoms with Crippen molar-refractivity contribution in [3.05, 3.63) is 68.8 Å². The maximum Gasteiger partial charge on any atom is 0.261 e. The molecule has 6 nitrogen and oxygen atoms in total. The van der Waals surface area contributed by atoms with Crippen LogP contribution in [0.15, 0.2) is 56.6 Å². The number of hydrogen-bond acceptors (Lipinski definition) is 5. The van der Waals surface area contributed by atoms with Crippen LogP contribution in [0.1, 0.15) is 22.8 Å². The first-order valence-electron chi connectivity index (χ1n) is 7.28. The Morgan fingerprint density at radius 1 is 1.38 bits per heavy atom. The molecule has 1 atom stereocenters. The van der Waals surface area contributed by atoms with E-state index in [0.29, 0.717) is 11.5 Å². The van der Waals surface area contributed by atoms with Crippen LogP contribution in [0.5, 0.6) is 0 Å². The molecule has 1 amide bonds. The number of H-pyrrole nitrogens is 1. The van der Waals surface area contributed by atoms with Gasteiger partial charge in [-0.15, -0.1) is 0 Å². The second kappa shape index (κ2) is 6.46. The van der Waals surface area contributed by atoms with Crippen molar-refractivity contribution in [2.75, 3.05) is 6.54 Å². The number of rotatable bonds is 5. The standard InChI is InChI=1S/C17H16N2O4S/c1-17(22,11-6-8-24-9-11)10-18-15(20)12-4-5-13(19-16(12)21)14-3-2-7-23-14/h2-9,22H,10H2,1H3,(H,18,20)(H,19,21). The molecule has 0 saturated carbocycles. The van der Waals surface area contributed by atoms with Crippen LogP contribution in [0.4, 0.5) is 0 Å². The van der Waals surface area contributed by atoms with Crippen LogP contribution in [-0.2, 0) is 5.60 Å². The van der Waals surface area contributed by atoms with Crippen LogP contribution in [0.3, 0.4) is 0 Å². The minimum absolute atomic E-state index is 0.00193. The fraction of sp³-hybridized carbons (Fsp3) is 0.176. The van der Waals surface area contributed by atoms with Gasteiger partial charge < -0.3 is 19.8 Å². The average Bonchev–Trinajstić information content (AvgIpc) is 3.25. The SMILES string of the molecule is CC(O)(CNC(=O)c1ccc(-c2ccco2)[nH]c1=O)c1ccsc1. The van der Waals surface area contributed by atoms with Crippen LogP contribution < -0.4 is 10.9 Å². The van der Waals surface area contributed by atoms with Crippen LogP contribution in [-0.4, -0.2) is 22.5 Å². The Hall–Kier alpha value is -2.64. The topological polar surface area (TPSA) is 95.3 Å². The third-order valence-corrected chi connectivity index (χ3v) is 4.36. The Morgan fingerprint density at radius 3 is 2.83 bits per heavy atom. The molecule has 7 heteroatoms. The Bertz CT molecular complexity index is 880. The van der Waals surface area contributed by atoms with E-state index < -0.39 is 17.1 Å². The van der Waals surface area contributed by atoms with E-state index in [0.717, 1.165) is 5.56 Å². The number of carbonyl (C=O) groups is 1. The number of aromatic nitrogens is 1. The summed E-state index contributed by atoms with van der Waals surface area (Å²) in [4.78, 5) is 26.9. The van der Waals surface area contributed by atoms with Gasteiger partial charge in [0.25, 0.3) is 11.5 Å². The van der Waals surface area contributed by atoms with E-state index in [1.54, 1.807) is 31.2 Å². The highest BCUT2D eigenvalue weighted by Gasteiger charge is 2.25. The van der Waals surface area contributed by atoms with Gasteiger partial charge in [0.1, 0.15) is 16.9 Å². The van der Waals surface area contributed by atoms with Gasteiger partial charge in [-0.1, -0.05) is 0 Å². The van der Waals surface area contributed by atoms with Gasteiger partial charge in [-0.3, -0.25) is 9.59 Å². The molecule has 0 aliphatic rings. The lowest BCUT2D eigenvalue weighted by molar-refractivity contribution is 0.0529. The maximum absolute atomic E-state index is 12.2. The quantitative estimate of drug-likeness (QED) is 0.662. The Labute approximate surface area is 141 Å². The van der Waals surface area contributed by atoms with Crippen molar-refractivity contribution in [2.24, 2.45) is 0 Å². The number of amides is 1. The molecular weight excluding hydrogens is 328 g/mol. The van der Waals surface area contributed by atoms with Crippen molar-refractivity contribution in [3.63, 3.8) is 0 Å². The number of aromatic amines is 1. The van der Waals surface area contributed by atoms with Crippen LogP contribution in [0, 0.1) is 0 Å². The van der Waals surface area contributed by atoms with Gasteiger partial charge in [0.2, 0.25) is 0 Å². The van der Waals surface area contributed by atoms with E-state index in [-0.39, 0.29) is 12.1 Å². The number of hydrogen-bond donors (Lipinski definition) is 3. The maximum atomic E-state index is 12.2. The Balaban J connectivity index is 1.73. The molecule has 0 aliphatic carbocycles. The molecule has 3 aromatic rings. The van der Waals surface area contributed by atoms with Gasteiger partial charge in [0.15, 0.2) is 0 Å². The molecule has 0 saturated heterocycles. The molecular formula is C17H16N2O4S. The summed E-state index contributed by atoms with van der Waals surface area (Å²) >= 11 is 1.46. The fourth-order valence-corrected chi connectivity index (χ4v) is 3.03. The van der Waals surface area contributed by atoms with Gasteiger partial charge in [-0.2, -0.15) is 11.3 Å². The molecule has 124 valence electrons. The fourth-order valence-electron chi connectivity index (χ4n) is 2.25. The van der Waals surface area contributed by atoms with Crippen molar-refractivity contribution in [3.8, 4) is 11.5 Å². The molecule has 0 aromatic carbocycles. The van der Waals surface area contributed by atoms with Crippen molar-refractivity contribution >= 4 is 17.2 Å². The van der Waals surface area contributed by atoms with E-state index in [4.69, 9.17) is 4.42 Å². The normalized spacial score (nSPS) is 13.4. The molecule has 3 aromatic heterocycles. The summed E-state index contributed by atoms with van der Waals surface area (Å²) in [5.41, 5.74) is -0.527. The minimum Gasteiger partial charge on any atom is -0.463 e. The Morgan fingerprint density at radius 2 is 2.21 bits per heavy atom. The number of carbonyl (C=O) groups excluding carboxylic acids is 1. The van der Waals surface area contributed by atoms with E-state index in [2.05, 4.69) is 10.3 Å². The molecule has 3 N–H and O–H groups in total. The monoisotopic (exact) mass is 344 g/mol. The first-order chi connectivity index (χ1) is 11.5. The zero-order valence-corrected chi connectivity index (χ0v) is 13.7. The molecule has 0 spiro atoms. The van der Waals surface area contributed by atoms with Gasteiger partial charge in [-0.05, 0) is 53.6 Å². The predicted molar refractivity (Wildman–Crippen MR) is 91.0 cm³/mol. The van der Waals surface area contributed by atoms with Gasteiger partial charge in [0.05, 0.1) is 18.5 Å². The predicted octanol–water partition coefficient (Wildman–Crippen LogP) is 2.33. The summed E-state index contributed by atoms with van der Waals surface area (Å²) in [6.07, 6.45) is 1.50. The number of pyridine rings is 1. The minimum atomic E-state index is -1.20. The molecule has 1 unspecified atom stereocenters. The van der Waals surface area contributed by atoms with Crippen LogP contribution >= 0.6 is 11.3 Å².